The lowest BCUT2D eigenvalue weighted by atomic mass is 9.89. The molecular weight excluding hydrogens is 336 g/mol. The summed E-state index contributed by atoms with van der Waals surface area (Å²) in [5, 5.41) is 8.33. The van der Waals surface area contributed by atoms with Crippen LogP contribution in [0.25, 0.3) is 0 Å². The fraction of sp³-hybridized carbons (Fsp3) is 0.350. The Labute approximate surface area is 154 Å². The Morgan fingerprint density at radius 1 is 1.00 bits per heavy atom. The van der Waals surface area contributed by atoms with E-state index in [0.717, 1.165) is 23.6 Å². The average Bonchev–Trinajstić information content (AvgIpc) is 3.05. The lowest BCUT2D eigenvalue weighted by Crippen LogP contribution is -2.48. The number of rotatable bonds is 5. The van der Waals surface area contributed by atoms with Crippen LogP contribution < -0.4 is 10.6 Å². The van der Waals surface area contributed by atoms with Crippen molar-refractivity contribution in [2.24, 2.45) is 0 Å². The van der Waals surface area contributed by atoms with Gasteiger partial charge in [-0.3, -0.25) is 0 Å². The van der Waals surface area contributed by atoms with E-state index >= 15 is 0 Å². The van der Waals surface area contributed by atoms with Crippen molar-refractivity contribution in [1.82, 2.24) is 5.32 Å². The molecule has 0 aromatic heterocycles. The molecule has 0 spiro atoms. The Morgan fingerprint density at radius 2 is 1.67 bits per heavy atom. The van der Waals surface area contributed by atoms with Crippen LogP contribution in [-0.4, -0.2) is 10.7 Å². The minimum Gasteiger partial charge on any atom is -0.357 e. The molecule has 0 radical (unpaired) electrons. The van der Waals surface area contributed by atoms with Gasteiger partial charge in [-0.05, 0) is 67.7 Å². The zero-order valence-electron chi connectivity index (χ0n) is 13.7. The molecule has 0 aliphatic heterocycles. The molecular formula is C20H23ClN2S. The third kappa shape index (κ3) is 4.71. The van der Waals surface area contributed by atoms with Gasteiger partial charge in [-0.1, -0.05) is 54.8 Å². The number of thiocarbonyl (C=S) groups is 1. The molecule has 0 amide bonds. The summed E-state index contributed by atoms with van der Waals surface area (Å²) < 4.78 is 0. The van der Waals surface area contributed by atoms with Crippen LogP contribution in [0.5, 0.6) is 0 Å². The van der Waals surface area contributed by atoms with Crippen molar-refractivity contribution in [2.75, 3.05) is 5.32 Å². The molecule has 3 rings (SSSR count). The van der Waals surface area contributed by atoms with Gasteiger partial charge in [0.05, 0.1) is 0 Å². The van der Waals surface area contributed by atoms with Crippen molar-refractivity contribution in [2.45, 2.75) is 44.1 Å². The van der Waals surface area contributed by atoms with E-state index in [2.05, 4.69) is 41.0 Å². The maximum absolute atomic E-state index is 5.93. The molecule has 2 aromatic carbocycles. The highest BCUT2D eigenvalue weighted by molar-refractivity contribution is 7.80. The summed E-state index contributed by atoms with van der Waals surface area (Å²) in [5.74, 6) is 0. The first kappa shape index (κ1) is 17.2. The lowest BCUT2D eigenvalue weighted by molar-refractivity contribution is 0.362. The van der Waals surface area contributed by atoms with Gasteiger partial charge in [-0.25, -0.2) is 0 Å². The predicted molar refractivity (Wildman–Crippen MR) is 107 cm³/mol. The molecule has 2 aromatic rings. The molecule has 0 atom stereocenters. The second-order valence-electron chi connectivity index (χ2n) is 6.56. The first-order valence-electron chi connectivity index (χ1n) is 8.54. The van der Waals surface area contributed by atoms with E-state index in [1.165, 1.54) is 31.2 Å². The van der Waals surface area contributed by atoms with Crippen LogP contribution in [0.4, 0.5) is 5.69 Å². The normalized spacial score (nSPS) is 15.9. The summed E-state index contributed by atoms with van der Waals surface area (Å²) in [5.41, 5.74) is 2.47. The van der Waals surface area contributed by atoms with Gasteiger partial charge in [0.15, 0.2) is 5.11 Å². The molecule has 0 unspecified atom stereocenters. The third-order valence-corrected chi connectivity index (χ3v) is 5.23. The van der Waals surface area contributed by atoms with E-state index in [4.69, 9.17) is 23.8 Å². The number of benzene rings is 2. The standard InChI is InChI=1S/C20H23ClN2S/c21-17-8-10-18(11-9-17)22-19(24)23-20(13-4-5-14-20)15-12-16-6-2-1-3-7-16/h1-3,6-11H,4-5,12-15H2,(H2,22,23,24). The van der Waals surface area contributed by atoms with E-state index in [1.807, 2.05) is 24.3 Å². The highest BCUT2D eigenvalue weighted by atomic mass is 35.5. The number of anilines is 1. The molecule has 2 nitrogen and oxygen atoms in total. The molecule has 4 heteroatoms. The van der Waals surface area contributed by atoms with E-state index in [0.29, 0.717) is 5.11 Å². The Morgan fingerprint density at radius 3 is 2.33 bits per heavy atom. The summed E-state index contributed by atoms with van der Waals surface area (Å²) >= 11 is 11.5. The summed E-state index contributed by atoms with van der Waals surface area (Å²) in [6, 6.07) is 18.3. The lowest BCUT2D eigenvalue weighted by Gasteiger charge is -2.32. The number of nitrogens with one attached hydrogen (secondary N) is 2. The zero-order valence-corrected chi connectivity index (χ0v) is 15.3. The molecule has 1 fully saturated rings. The molecule has 0 heterocycles. The minimum absolute atomic E-state index is 0.117. The Hall–Kier alpha value is -1.58. The van der Waals surface area contributed by atoms with Gasteiger partial charge in [0, 0.05) is 16.2 Å². The monoisotopic (exact) mass is 358 g/mol. The number of aryl methyl sites for hydroxylation is 1. The van der Waals surface area contributed by atoms with Gasteiger partial charge in [0.25, 0.3) is 0 Å². The van der Waals surface area contributed by atoms with Crippen molar-refractivity contribution in [3.8, 4) is 0 Å². The first-order valence-corrected chi connectivity index (χ1v) is 9.33. The summed E-state index contributed by atoms with van der Waals surface area (Å²) in [6.07, 6.45) is 7.10. The highest BCUT2D eigenvalue weighted by Crippen LogP contribution is 2.34. The van der Waals surface area contributed by atoms with Crippen LogP contribution in [0.2, 0.25) is 5.02 Å². The minimum atomic E-state index is 0.117. The van der Waals surface area contributed by atoms with Crippen molar-refractivity contribution >= 4 is 34.6 Å². The van der Waals surface area contributed by atoms with Crippen LogP contribution in [0.15, 0.2) is 54.6 Å². The second-order valence-corrected chi connectivity index (χ2v) is 7.40. The van der Waals surface area contributed by atoms with E-state index in [-0.39, 0.29) is 5.54 Å². The van der Waals surface area contributed by atoms with E-state index in [1.54, 1.807) is 0 Å². The molecule has 0 saturated heterocycles. The van der Waals surface area contributed by atoms with Crippen molar-refractivity contribution in [3.05, 3.63) is 65.2 Å². The van der Waals surface area contributed by atoms with Crippen molar-refractivity contribution < 1.29 is 0 Å². The van der Waals surface area contributed by atoms with Gasteiger partial charge in [-0.2, -0.15) is 0 Å². The average molecular weight is 359 g/mol. The fourth-order valence-corrected chi connectivity index (χ4v) is 3.91. The van der Waals surface area contributed by atoms with E-state index < -0.39 is 0 Å². The van der Waals surface area contributed by atoms with Crippen LogP contribution in [0.3, 0.4) is 0 Å². The Kier molecular flexibility index (Phi) is 5.75. The predicted octanol–water partition coefficient (Wildman–Crippen LogP) is 5.57. The number of halogens is 1. The molecule has 126 valence electrons. The summed E-state index contributed by atoms with van der Waals surface area (Å²) in [7, 11) is 0. The SMILES string of the molecule is S=C(Nc1ccc(Cl)cc1)NC1(CCc2ccccc2)CCCC1. The molecule has 24 heavy (non-hydrogen) atoms. The summed E-state index contributed by atoms with van der Waals surface area (Å²) in [6.45, 7) is 0. The maximum atomic E-state index is 5.93. The second kappa shape index (κ2) is 8.00. The molecule has 1 aliphatic carbocycles. The van der Waals surface area contributed by atoms with Gasteiger partial charge in [0.2, 0.25) is 0 Å². The number of hydrogen-bond donors (Lipinski definition) is 2. The third-order valence-electron chi connectivity index (χ3n) is 4.78. The Bertz CT molecular complexity index is 664. The summed E-state index contributed by atoms with van der Waals surface area (Å²) in [4.78, 5) is 0. The molecule has 1 saturated carbocycles. The molecule has 1 aliphatic rings. The van der Waals surface area contributed by atoms with Gasteiger partial charge in [-0.15, -0.1) is 0 Å². The first-order chi connectivity index (χ1) is 11.7. The quantitative estimate of drug-likeness (QED) is 0.683. The van der Waals surface area contributed by atoms with Crippen LogP contribution >= 0.6 is 23.8 Å². The van der Waals surface area contributed by atoms with Crippen molar-refractivity contribution in [1.29, 1.82) is 0 Å². The highest BCUT2D eigenvalue weighted by Gasteiger charge is 2.33. The Balaban J connectivity index is 1.60. The molecule has 2 N–H and O–H groups in total. The molecule has 0 bridgehead atoms. The van der Waals surface area contributed by atoms with Crippen LogP contribution in [-0.2, 0) is 6.42 Å². The smallest absolute Gasteiger partial charge is 0.171 e. The van der Waals surface area contributed by atoms with Gasteiger partial charge in [0.1, 0.15) is 0 Å². The number of hydrogen-bond acceptors (Lipinski definition) is 1. The van der Waals surface area contributed by atoms with Gasteiger partial charge >= 0.3 is 0 Å². The maximum Gasteiger partial charge on any atom is 0.171 e. The van der Waals surface area contributed by atoms with Crippen LogP contribution in [0.1, 0.15) is 37.7 Å². The zero-order chi connectivity index (χ0) is 16.8. The van der Waals surface area contributed by atoms with Crippen molar-refractivity contribution in [3.63, 3.8) is 0 Å². The fourth-order valence-electron chi connectivity index (χ4n) is 3.45. The largest absolute Gasteiger partial charge is 0.357 e. The van der Waals surface area contributed by atoms with E-state index in [9.17, 15) is 0 Å². The topological polar surface area (TPSA) is 24.1 Å². The van der Waals surface area contributed by atoms with Gasteiger partial charge < -0.3 is 10.6 Å². The van der Waals surface area contributed by atoms with Crippen LogP contribution in [0, 0.1) is 0 Å².